The van der Waals surface area contributed by atoms with Crippen molar-refractivity contribution in [3.8, 4) is 0 Å². The van der Waals surface area contributed by atoms with Crippen molar-refractivity contribution in [1.82, 2.24) is 15.1 Å². The first-order valence-electron chi connectivity index (χ1n) is 9.60. The van der Waals surface area contributed by atoms with Gasteiger partial charge >= 0.3 is 12.4 Å². The average Bonchev–Trinajstić information content (AvgIpc) is 3.27. The monoisotopic (exact) mass is 500 g/mol. The molecule has 4 rings (SSSR count). The third-order valence-corrected chi connectivity index (χ3v) is 6.01. The summed E-state index contributed by atoms with van der Waals surface area (Å²) >= 11 is 0.974. The SMILES string of the molecule is CN1C(=O)c2ccccc2C(C(=O)Nc2nncs2)C1c1cc(C(F)(F)F)cc(C(F)(F)F)c1. The van der Waals surface area contributed by atoms with Crippen LogP contribution in [-0.4, -0.2) is 34.0 Å². The fourth-order valence-corrected chi connectivity index (χ4v) is 4.38. The Kier molecular flexibility index (Phi) is 5.84. The number of carbonyl (C=O) groups is 2. The molecule has 0 spiro atoms. The molecule has 3 aromatic rings. The number of hydrogen-bond acceptors (Lipinski definition) is 5. The molecular weight excluding hydrogens is 486 g/mol. The van der Waals surface area contributed by atoms with E-state index in [-0.39, 0.29) is 22.3 Å². The first kappa shape index (κ1) is 23.7. The standard InChI is InChI=1S/C21H14F6N4O2S/c1-31-16(10-6-11(20(22,23)24)8-12(7-10)21(25,26)27)15(17(32)29-19-30-28-9-34-19)13-4-2-3-5-14(13)18(31)33/h2-9,15-16H,1H3,(H,29,30,32). The Morgan fingerprint density at radius 3 is 2.21 bits per heavy atom. The molecule has 2 amide bonds. The van der Waals surface area contributed by atoms with Crippen LogP contribution in [0.15, 0.2) is 48.0 Å². The summed E-state index contributed by atoms with van der Waals surface area (Å²) in [6.45, 7) is 0. The number of alkyl halides is 6. The predicted molar refractivity (Wildman–Crippen MR) is 109 cm³/mol. The highest BCUT2D eigenvalue weighted by Gasteiger charge is 2.45. The van der Waals surface area contributed by atoms with E-state index in [9.17, 15) is 35.9 Å². The fourth-order valence-electron chi connectivity index (χ4n) is 3.93. The molecule has 0 aliphatic carbocycles. The lowest BCUT2D eigenvalue weighted by atomic mass is 9.79. The molecule has 6 nitrogen and oxygen atoms in total. The number of anilines is 1. The number of nitrogens with zero attached hydrogens (tertiary/aromatic N) is 3. The van der Waals surface area contributed by atoms with E-state index in [1.807, 2.05) is 0 Å². The van der Waals surface area contributed by atoms with Gasteiger partial charge in [-0.3, -0.25) is 14.9 Å². The van der Waals surface area contributed by atoms with Crippen LogP contribution < -0.4 is 5.32 Å². The largest absolute Gasteiger partial charge is 0.416 e. The maximum Gasteiger partial charge on any atom is 0.416 e. The number of aromatic nitrogens is 2. The fraction of sp³-hybridized carbons (Fsp3) is 0.238. The normalized spacial score (nSPS) is 18.6. The van der Waals surface area contributed by atoms with Crippen LogP contribution in [0.4, 0.5) is 31.5 Å². The zero-order chi connectivity index (χ0) is 24.8. The number of likely N-dealkylation sites (N-methyl/N-ethyl adjacent to an activating group) is 1. The maximum absolute atomic E-state index is 13.5. The van der Waals surface area contributed by atoms with Crippen molar-refractivity contribution in [3.63, 3.8) is 0 Å². The van der Waals surface area contributed by atoms with Gasteiger partial charge in [-0.2, -0.15) is 26.3 Å². The van der Waals surface area contributed by atoms with Gasteiger partial charge in [0.15, 0.2) is 0 Å². The molecule has 2 heterocycles. The van der Waals surface area contributed by atoms with Crippen molar-refractivity contribution < 1.29 is 35.9 Å². The second-order valence-corrected chi connectivity index (χ2v) is 8.33. The molecule has 34 heavy (non-hydrogen) atoms. The van der Waals surface area contributed by atoms with Crippen LogP contribution in [-0.2, 0) is 17.1 Å². The van der Waals surface area contributed by atoms with E-state index < -0.39 is 52.8 Å². The number of carbonyl (C=O) groups excluding carboxylic acids is 2. The molecule has 2 aromatic carbocycles. The number of hydrogen-bond donors (Lipinski definition) is 1. The zero-order valence-electron chi connectivity index (χ0n) is 17.1. The van der Waals surface area contributed by atoms with Gasteiger partial charge in [0.2, 0.25) is 11.0 Å². The molecule has 178 valence electrons. The van der Waals surface area contributed by atoms with Gasteiger partial charge in [0.05, 0.1) is 23.1 Å². The van der Waals surface area contributed by atoms with Crippen LogP contribution in [0.2, 0.25) is 0 Å². The Labute approximate surface area is 192 Å². The van der Waals surface area contributed by atoms with E-state index in [0.29, 0.717) is 12.1 Å². The highest BCUT2D eigenvalue weighted by molar-refractivity contribution is 7.13. The minimum Gasteiger partial charge on any atom is -0.334 e. The minimum atomic E-state index is -5.09. The molecule has 1 N–H and O–H groups in total. The zero-order valence-corrected chi connectivity index (χ0v) is 17.9. The Hall–Kier alpha value is -3.48. The average molecular weight is 500 g/mol. The van der Waals surface area contributed by atoms with Gasteiger partial charge in [0, 0.05) is 12.6 Å². The van der Waals surface area contributed by atoms with E-state index in [4.69, 9.17) is 0 Å². The van der Waals surface area contributed by atoms with E-state index in [1.165, 1.54) is 36.8 Å². The summed E-state index contributed by atoms with van der Waals surface area (Å²) in [5, 5.41) is 9.84. The summed E-state index contributed by atoms with van der Waals surface area (Å²) in [5.74, 6) is -2.74. The molecule has 2 atom stereocenters. The summed E-state index contributed by atoms with van der Waals surface area (Å²) in [7, 11) is 1.22. The summed E-state index contributed by atoms with van der Waals surface area (Å²) in [6.07, 6.45) is -10.2. The Morgan fingerprint density at radius 1 is 1.03 bits per heavy atom. The molecular formula is C21H14F6N4O2S. The minimum absolute atomic E-state index is 0.00158. The molecule has 1 aliphatic heterocycles. The van der Waals surface area contributed by atoms with Crippen molar-refractivity contribution >= 4 is 28.3 Å². The van der Waals surface area contributed by atoms with Gasteiger partial charge in [0.1, 0.15) is 5.51 Å². The summed E-state index contributed by atoms with van der Waals surface area (Å²) in [4.78, 5) is 27.2. The lowest BCUT2D eigenvalue weighted by molar-refractivity contribution is -0.143. The van der Waals surface area contributed by atoms with Gasteiger partial charge in [-0.1, -0.05) is 29.5 Å². The first-order valence-corrected chi connectivity index (χ1v) is 10.5. The summed E-state index contributed by atoms with van der Waals surface area (Å²) in [6, 6.07) is 5.53. The topological polar surface area (TPSA) is 75.2 Å². The van der Waals surface area contributed by atoms with Crippen LogP contribution in [0, 0.1) is 0 Å². The van der Waals surface area contributed by atoms with Crippen LogP contribution in [0.1, 0.15) is 44.6 Å². The van der Waals surface area contributed by atoms with Crippen LogP contribution >= 0.6 is 11.3 Å². The summed E-state index contributed by atoms with van der Waals surface area (Å²) < 4.78 is 80.9. The molecule has 0 fully saturated rings. The molecule has 2 unspecified atom stereocenters. The van der Waals surface area contributed by atoms with Crippen molar-refractivity contribution in [1.29, 1.82) is 0 Å². The molecule has 0 saturated carbocycles. The quantitative estimate of drug-likeness (QED) is 0.507. The summed E-state index contributed by atoms with van der Waals surface area (Å²) in [5.41, 5.74) is -1.95. The van der Waals surface area contributed by atoms with Gasteiger partial charge in [-0.15, -0.1) is 10.2 Å². The van der Waals surface area contributed by atoms with Crippen molar-refractivity contribution in [3.05, 3.63) is 75.8 Å². The Balaban J connectivity index is 1.92. The number of benzene rings is 2. The highest BCUT2D eigenvalue weighted by atomic mass is 32.1. The van der Waals surface area contributed by atoms with Crippen molar-refractivity contribution in [2.75, 3.05) is 12.4 Å². The van der Waals surface area contributed by atoms with E-state index in [1.54, 1.807) is 0 Å². The molecule has 0 saturated heterocycles. The molecule has 1 aromatic heterocycles. The van der Waals surface area contributed by atoms with E-state index in [0.717, 1.165) is 16.2 Å². The number of nitrogens with one attached hydrogen (secondary N) is 1. The second kappa shape index (κ2) is 8.38. The Bertz CT molecular complexity index is 1210. The second-order valence-electron chi connectivity index (χ2n) is 7.50. The van der Waals surface area contributed by atoms with E-state index in [2.05, 4.69) is 15.5 Å². The van der Waals surface area contributed by atoms with Gasteiger partial charge in [-0.05, 0) is 35.4 Å². The van der Waals surface area contributed by atoms with Gasteiger partial charge < -0.3 is 4.90 Å². The lowest BCUT2D eigenvalue weighted by Gasteiger charge is -2.40. The third kappa shape index (κ3) is 4.34. The Morgan fingerprint density at radius 2 is 1.65 bits per heavy atom. The van der Waals surface area contributed by atoms with Crippen LogP contribution in [0.25, 0.3) is 0 Å². The third-order valence-electron chi connectivity index (χ3n) is 5.40. The van der Waals surface area contributed by atoms with Crippen LogP contribution in [0.3, 0.4) is 0 Å². The molecule has 1 aliphatic rings. The molecule has 0 bridgehead atoms. The number of halogens is 6. The number of fused-ring (bicyclic) bond motifs is 1. The van der Waals surface area contributed by atoms with E-state index >= 15 is 0 Å². The predicted octanol–water partition coefficient (Wildman–Crippen LogP) is 5.12. The molecule has 0 radical (unpaired) electrons. The van der Waals surface area contributed by atoms with Crippen LogP contribution in [0.5, 0.6) is 0 Å². The van der Waals surface area contributed by atoms with Gasteiger partial charge in [-0.25, -0.2) is 0 Å². The smallest absolute Gasteiger partial charge is 0.334 e. The van der Waals surface area contributed by atoms with Gasteiger partial charge in [0.25, 0.3) is 5.91 Å². The maximum atomic E-state index is 13.5. The van der Waals surface area contributed by atoms with Crippen molar-refractivity contribution in [2.24, 2.45) is 0 Å². The first-order chi connectivity index (χ1) is 15.9. The molecule has 13 heteroatoms. The number of amides is 2. The van der Waals surface area contributed by atoms with Crippen molar-refractivity contribution in [2.45, 2.75) is 24.3 Å². The lowest BCUT2D eigenvalue weighted by Crippen LogP contribution is -2.44. The highest BCUT2D eigenvalue weighted by Crippen LogP contribution is 2.45. The number of rotatable bonds is 3.